The van der Waals surface area contributed by atoms with Gasteiger partial charge in [0.2, 0.25) is 11.9 Å². The Morgan fingerprint density at radius 3 is 2.66 bits per heavy atom. The third-order valence-electron chi connectivity index (χ3n) is 6.25. The Morgan fingerprint density at radius 1 is 1.17 bits per heavy atom. The third kappa shape index (κ3) is 4.85. The van der Waals surface area contributed by atoms with Gasteiger partial charge in [-0.3, -0.25) is 14.5 Å². The van der Waals surface area contributed by atoms with Crippen molar-refractivity contribution < 1.29 is 14.4 Å². The van der Waals surface area contributed by atoms with E-state index in [9.17, 15) is 14.4 Å². The van der Waals surface area contributed by atoms with Crippen molar-refractivity contribution in [3.8, 4) is 0 Å². The monoisotopic (exact) mass is 532 g/mol. The lowest BCUT2D eigenvalue weighted by Crippen LogP contribution is -2.49. The zero-order valence-corrected chi connectivity index (χ0v) is 21.6. The summed E-state index contributed by atoms with van der Waals surface area (Å²) in [7, 11) is 1.82. The fourth-order valence-electron chi connectivity index (χ4n) is 4.48. The molecule has 12 heteroatoms. The molecule has 0 saturated carbocycles. The Hall–Kier alpha value is -2.76. The van der Waals surface area contributed by atoms with Gasteiger partial charge in [-0.25, -0.2) is 4.79 Å². The molecule has 184 valence electrons. The molecule has 5 heterocycles. The molecule has 1 unspecified atom stereocenters. The second kappa shape index (κ2) is 10.1. The number of halogens is 1. The number of amides is 3. The number of aromatic nitrogens is 3. The van der Waals surface area contributed by atoms with Crippen molar-refractivity contribution in [1.29, 1.82) is 0 Å². The van der Waals surface area contributed by atoms with Crippen LogP contribution in [0.4, 0.5) is 10.7 Å². The largest absolute Gasteiger partial charge is 0.339 e. The highest BCUT2D eigenvalue weighted by Crippen LogP contribution is 2.30. The Balaban J connectivity index is 1.45. The second-order valence-corrected chi connectivity index (χ2v) is 11.4. The summed E-state index contributed by atoms with van der Waals surface area (Å²) in [6, 6.07) is 7.06. The fraction of sp³-hybridized carbons (Fsp3) is 0.435. The van der Waals surface area contributed by atoms with Crippen LogP contribution in [-0.4, -0.2) is 69.1 Å². The predicted octanol–water partition coefficient (Wildman–Crippen LogP) is 4.30. The van der Waals surface area contributed by atoms with Gasteiger partial charge in [-0.2, -0.15) is 9.67 Å². The van der Waals surface area contributed by atoms with E-state index >= 15 is 0 Å². The SMILES string of the molecule is CN(Cc1ccc(Cl)s1)c1nc(C2CCCN(C(=O)N3CCCC3)C2=O)nn1C(=O)c1cccs1. The highest BCUT2D eigenvalue weighted by molar-refractivity contribution is 7.16. The standard InChI is InChI=1S/C23H25ClN6O3S2/c1-27(14-15-8-9-18(24)35-15)22-25-19(26-30(22)21(32)17-7-5-13-34-17)16-6-4-12-29(20(16)31)23(33)28-10-2-3-11-28/h5,7-9,13,16H,2-4,6,10-12,14H2,1H3. The van der Waals surface area contributed by atoms with Crippen LogP contribution in [0.1, 0.15) is 52.0 Å². The summed E-state index contributed by atoms with van der Waals surface area (Å²) in [4.78, 5) is 50.7. The molecule has 9 nitrogen and oxygen atoms in total. The molecular weight excluding hydrogens is 508 g/mol. The lowest BCUT2D eigenvalue weighted by molar-refractivity contribution is -0.132. The minimum atomic E-state index is -0.670. The van der Waals surface area contributed by atoms with Crippen molar-refractivity contribution in [2.45, 2.75) is 38.1 Å². The molecule has 0 radical (unpaired) electrons. The molecule has 2 saturated heterocycles. The number of thiophene rings is 2. The lowest BCUT2D eigenvalue weighted by atomic mass is 9.96. The maximum absolute atomic E-state index is 13.4. The predicted molar refractivity (Wildman–Crippen MR) is 135 cm³/mol. The van der Waals surface area contributed by atoms with Crippen LogP contribution in [0, 0.1) is 0 Å². The topological polar surface area (TPSA) is 91.6 Å². The number of piperidine rings is 1. The lowest BCUT2D eigenvalue weighted by Gasteiger charge is -2.32. The summed E-state index contributed by atoms with van der Waals surface area (Å²) in [5.74, 6) is -0.661. The average Bonchev–Trinajstić information content (AvgIpc) is 3.66. The number of rotatable bonds is 5. The number of anilines is 1. The Morgan fingerprint density at radius 2 is 1.97 bits per heavy atom. The summed E-state index contributed by atoms with van der Waals surface area (Å²) >= 11 is 8.86. The van der Waals surface area contributed by atoms with E-state index in [-0.39, 0.29) is 23.7 Å². The summed E-state index contributed by atoms with van der Waals surface area (Å²) < 4.78 is 1.95. The number of likely N-dealkylation sites (tertiary alicyclic amines) is 2. The van der Waals surface area contributed by atoms with Crippen molar-refractivity contribution in [2.75, 3.05) is 31.6 Å². The van der Waals surface area contributed by atoms with E-state index in [1.54, 1.807) is 17.0 Å². The van der Waals surface area contributed by atoms with Crippen molar-refractivity contribution in [3.05, 3.63) is 49.6 Å². The number of carbonyl (C=O) groups excluding carboxylic acids is 3. The molecule has 35 heavy (non-hydrogen) atoms. The molecular formula is C23H25ClN6O3S2. The van der Waals surface area contributed by atoms with Crippen LogP contribution in [0.5, 0.6) is 0 Å². The van der Waals surface area contributed by atoms with Gasteiger partial charge in [0.05, 0.1) is 15.8 Å². The number of urea groups is 1. The van der Waals surface area contributed by atoms with E-state index in [0.717, 1.165) is 17.7 Å². The van der Waals surface area contributed by atoms with Gasteiger partial charge in [-0.1, -0.05) is 17.7 Å². The summed E-state index contributed by atoms with van der Waals surface area (Å²) in [6.45, 7) is 2.23. The van der Waals surface area contributed by atoms with Crippen molar-refractivity contribution in [1.82, 2.24) is 24.6 Å². The van der Waals surface area contributed by atoms with Gasteiger partial charge in [0.25, 0.3) is 5.91 Å². The molecule has 5 rings (SSSR count). The normalized spacial score (nSPS) is 18.3. The third-order valence-corrected chi connectivity index (χ3v) is 8.33. The molecule has 3 amide bonds. The first-order valence-corrected chi connectivity index (χ1v) is 13.6. The first kappa shape index (κ1) is 24.0. The van der Waals surface area contributed by atoms with Gasteiger partial charge < -0.3 is 9.80 Å². The zero-order valence-electron chi connectivity index (χ0n) is 19.2. The van der Waals surface area contributed by atoms with E-state index in [4.69, 9.17) is 11.6 Å². The quantitative estimate of drug-likeness (QED) is 0.486. The van der Waals surface area contributed by atoms with Gasteiger partial charge in [0.15, 0.2) is 5.82 Å². The number of hydrogen-bond acceptors (Lipinski definition) is 8. The van der Waals surface area contributed by atoms with Crippen LogP contribution < -0.4 is 4.90 Å². The molecule has 2 aliphatic rings. The van der Waals surface area contributed by atoms with Crippen molar-refractivity contribution in [3.63, 3.8) is 0 Å². The van der Waals surface area contributed by atoms with Gasteiger partial charge >= 0.3 is 6.03 Å². The molecule has 3 aromatic rings. The molecule has 1 atom stereocenters. The van der Waals surface area contributed by atoms with Crippen molar-refractivity contribution in [2.24, 2.45) is 0 Å². The summed E-state index contributed by atoms with van der Waals surface area (Å²) in [5.41, 5.74) is 0. The highest BCUT2D eigenvalue weighted by atomic mass is 35.5. The first-order valence-electron chi connectivity index (χ1n) is 11.5. The molecule has 0 N–H and O–H groups in total. The number of carbonyl (C=O) groups is 3. The Kier molecular flexibility index (Phi) is 6.90. The number of hydrogen-bond donors (Lipinski definition) is 0. The molecule has 2 aliphatic heterocycles. The van der Waals surface area contributed by atoms with Gasteiger partial charge in [-0.05, 0) is 49.3 Å². The number of nitrogens with zero attached hydrogens (tertiary/aromatic N) is 6. The molecule has 0 aromatic carbocycles. The molecule has 3 aromatic heterocycles. The minimum Gasteiger partial charge on any atom is -0.339 e. The average molecular weight is 533 g/mol. The summed E-state index contributed by atoms with van der Waals surface area (Å²) in [5, 5.41) is 6.35. The van der Waals surface area contributed by atoms with Crippen LogP contribution in [0.25, 0.3) is 0 Å². The molecule has 0 spiro atoms. The van der Waals surface area contributed by atoms with Gasteiger partial charge in [0.1, 0.15) is 5.92 Å². The molecule has 0 aliphatic carbocycles. The molecule has 2 fully saturated rings. The highest BCUT2D eigenvalue weighted by Gasteiger charge is 2.39. The Labute approximate surface area is 215 Å². The van der Waals surface area contributed by atoms with E-state index < -0.39 is 5.92 Å². The first-order chi connectivity index (χ1) is 16.9. The van der Waals surface area contributed by atoms with Gasteiger partial charge in [0, 0.05) is 31.6 Å². The minimum absolute atomic E-state index is 0.238. The van der Waals surface area contributed by atoms with Crippen LogP contribution in [0.15, 0.2) is 29.6 Å². The smallest absolute Gasteiger partial charge is 0.326 e. The molecule has 0 bridgehead atoms. The van der Waals surface area contributed by atoms with Crippen molar-refractivity contribution >= 4 is 58.1 Å². The number of imide groups is 1. The van der Waals surface area contributed by atoms with E-state index in [1.165, 1.54) is 32.3 Å². The zero-order chi connectivity index (χ0) is 24.5. The van der Waals surface area contributed by atoms with Crippen LogP contribution >= 0.6 is 34.3 Å². The Bertz CT molecular complexity index is 1230. The van der Waals surface area contributed by atoms with E-state index in [2.05, 4.69) is 10.1 Å². The van der Waals surface area contributed by atoms with E-state index in [1.807, 2.05) is 29.5 Å². The van der Waals surface area contributed by atoms with Crippen LogP contribution in [0.3, 0.4) is 0 Å². The summed E-state index contributed by atoms with van der Waals surface area (Å²) in [6.07, 6.45) is 3.12. The van der Waals surface area contributed by atoms with Crippen LogP contribution in [0.2, 0.25) is 4.34 Å². The second-order valence-electron chi connectivity index (χ2n) is 8.69. The van der Waals surface area contributed by atoms with E-state index in [0.29, 0.717) is 54.2 Å². The van der Waals surface area contributed by atoms with Gasteiger partial charge in [-0.15, -0.1) is 27.8 Å². The fourth-order valence-corrected chi connectivity index (χ4v) is 6.27. The maximum Gasteiger partial charge on any atom is 0.326 e. The van der Waals surface area contributed by atoms with Crippen LogP contribution in [-0.2, 0) is 11.3 Å². The maximum atomic E-state index is 13.4.